The van der Waals surface area contributed by atoms with Crippen LogP contribution in [-0.2, 0) is 0 Å². The number of rotatable bonds is 5. The lowest BCUT2D eigenvalue weighted by Gasteiger charge is -2.08. The molecule has 0 amide bonds. The van der Waals surface area contributed by atoms with E-state index in [2.05, 4.69) is 0 Å². The van der Waals surface area contributed by atoms with Crippen LogP contribution in [0.25, 0.3) is 0 Å². The third-order valence-electron chi connectivity index (χ3n) is 2.99. The predicted octanol–water partition coefficient (Wildman–Crippen LogP) is 3.54. The van der Waals surface area contributed by atoms with Gasteiger partial charge in [-0.2, -0.15) is 0 Å². The molecule has 3 nitrogen and oxygen atoms in total. The van der Waals surface area contributed by atoms with Crippen molar-refractivity contribution in [3.63, 3.8) is 0 Å². The largest absolute Gasteiger partial charge is 0.494 e. The Balaban J connectivity index is 2.08. The molecule has 0 bridgehead atoms. The number of ketones is 1. The summed E-state index contributed by atoms with van der Waals surface area (Å²) >= 11 is 0. The average Bonchev–Trinajstić information content (AvgIpc) is 2.48. The lowest BCUT2D eigenvalue weighted by Crippen LogP contribution is -2.12. The van der Waals surface area contributed by atoms with E-state index in [1.165, 1.54) is 25.3 Å². The average molecular weight is 292 g/mol. The molecule has 21 heavy (non-hydrogen) atoms. The van der Waals surface area contributed by atoms with E-state index in [1.807, 2.05) is 0 Å². The second-order valence-corrected chi connectivity index (χ2v) is 4.45. The summed E-state index contributed by atoms with van der Waals surface area (Å²) in [5, 5.41) is 0. The van der Waals surface area contributed by atoms with Gasteiger partial charge in [0.25, 0.3) is 0 Å². The quantitative estimate of drug-likeness (QED) is 0.791. The number of ether oxygens (including phenoxy) is 2. The fourth-order valence-corrected chi connectivity index (χ4v) is 1.80. The van der Waals surface area contributed by atoms with Gasteiger partial charge in [-0.05, 0) is 36.8 Å². The van der Waals surface area contributed by atoms with Gasteiger partial charge in [-0.3, -0.25) is 4.79 Å². The third-order valence-corrected chi connectivity index (χ3v) is 2.99. The molecule has 0 N–H and O–H groups in total. The molecule has 0 fully saturated rings. The molecule has 2 aromatic rings. The van der Waals surface area contributed by atoms with Gasteiger partial charge in [-0.15, -0.1) is 0 Å². The molecule has 0 aromatic heterocycles. The van der Waals surface area contributed by atoms with E-state index in [9.17, 15) is 13.6 Å². The first kappa shape index (κ1) is 15.0. The maximum atomic E-state index is 13.7. The van der Waals surface area contributed by atoms with E-state index < -0.39 is 17.4 Å². The Kier molecular flexibility index (Phi) is 4.52. The molecule has 0 saturated carbocycles. The summed E-state index contributed by atoms with van der Waals surface area (Å²) in [6, 6.07) is 8.52. The first-order valence-electron chi connectivity index (χ1n) is 6.27. The summed E-state index contributed by atoms with van der Waals surface area (Å²) in [4.78, 5) is 11.9. The van der Waals surface area contributed by atoms with Crippen LogP contribution >= 0.6 is 0 Å². The Labute approximate surface area is 121 Å². The van der Waals surface area contributed by atoms with Crippen molar-refractivity contribution in [2.75, 3.05) is 13.7 Å². The second-order valence-electron chi connectivity index (χ2n) is 4.45. The zero-order valence-electron chi connectivity index (χ0n) is 11.7. The molecule has 0 aliphatic carbocycles. The molecule has 0 radical (unpaired) electrons. The van der Waals surface area contributed by atoms with Crippen LogP contribution < -0.4 is 9.47 Å². The van der Waals surface area contributed by atoms with Crippen LogP contribution in [0.1, 0.15) is 15.9 Å². The number of aryl methyl sites for hydroxylation is 1. The number of hydrogen-bond acceptors (Lipinski definition) is 3. The van der Waals surface area contributed by atoms with Gasteiger partial charge < -0.3 is 9.47 Å². The first-order chi connectivity index (χ1) is 10.0. The summed E-state index contributed by atoms with van der Waals surface area (Å²) in [7, 11) is 1.34. The molecule has 0 spiro atoms. The van der Waals surface area contributed by atoms with E-state index in [-0.39, 0.29) is 23.7 Å². The summed E-state index contributed by atoms with van der Waals surface area (Å²) in [5.41, 5.74) is 0.566. The van der Waals surface area contributed by atoms with Crippen LogP contribution in [0.2, 0.25) is 0 Å². The minimum atomic E-state index is -0.634. The van der Waals surface area contributed by atoms with Crippen molar-refractivity contribution < 1.29 is 23.0 Å². The summed E-state index contributed by atoms with van der Waals surface area (Å²) in [6.45, 7) is 1.23. The lowest BCUT2D eigenvalue weighted by molar-refractivity contribution is 0.0918. The molecule has 0 aliphatic heterocycles. The van der Waals surface area contributed by atoms with Crippen molar-refractivity contribution >= 4 is 5.78 Å². The Morgan fingerprint density at radius 1 is 1.14 bits per heavy atom. The Morgan fingerprint density at radius 3 is 2.57 bits per heavy atom. The number of carbonyl (C=O) groups is 1. The Morgan fingerprint density at radius 2 is 1.90 bits per heavy atom. The molecule has 0 atom stereocenters. The fourth-order valence-electron chi connectivity index (χ4n) is 1.80. The summed E-state index contributed by atoms with van der Waals surface area (Å²) in [5.74, 6) is -1.54. The number of carbonyl (C=O) groups excluding carboxylic acids is 1. The van der Waals surface area contributed by atoms with Crippen LogP contribution in [0.15, 0.2) is 36.4 Å². The molecule has 110 valence electrons. The highest BCUT2D eigenvalue weighted by molar-refractivity contribution is 5.97. The highest BCUT2D eigenvalue weighted by atomic mass is 19.1. The van der Waals surface area contributed by atoms with Crippen molar-refractivity contribution in [3.05, 3.63) is 59.2 Å². The number of hydrogen-bond donors (Lipinski definition) is 0. The number of Topliss-reactive ketones (excluding diaryl/α,β-unsaturated/α-hetero) is 1. The summed E-state index contributed by atoms with van der Waals surface area (Å²) < 4.78 is 37.1. The van der Waals surface area contributed by atoms with Crippen molar-refractivity contribution in [1.29, 1.82) is 0 Å². The van der Waals surface area contributed by atoms with E-state index in [0.717, 1.165) is 6.07 Å². The van der Waals surface area contributed by atoms with Gasteiger partial charge in [0.1, 0.15) is 0 Å². The van der Waals surface area contributed by atoms with Crippen molar-refractivity contribution in [2.24, 2.45) is 0 Å². The van der Waals surface area contributed by atoms with Crippen LogP contribution in [0.4, 0.5) is 8.78 Å². The van der Waals surface area contributed by atoms with Gasteiger partial charge in [0.05, 0.1) is 7.11 Å². The van der Waals surface area contributed by atoms with Gasteiger partial charge in [0.2, 0.25) is 0 Å². The zero-order chi connectivity index (χ0) is 15.4. The van der Waals surface area contributed by atoms with Crippen molar-refractivity contribution in [2.45, 2.75) is 6.92 Å². The topological polar surface area (TPSA) is 35.5 Å². The predicted molar refractivity (Wildman–Crippen MR) is 73.9 cm³/mol. The molecule has 0 saturated heterocycles. The second kappa shape index (κ2) is 6.35. The van der Waals surface area contributed by atoms with E-state index in [1.54, 1.807) is 19.1 Å². The van der Waals surface area contributed by atoms with Crippen LogP contribution in [0.3, 0.4) is 0 Å². The normalized spacial score (nSPS) is 10.3. The smallest absolute Gasteiger partial charge is 0.200 e. The SMILES string of the molecule is COc1ccc(C(=O)COc2cccc(C)c2F)cc1F. The van der Waals surface area contributed by atoms with Crippen LogP contribution in [-0.4, -0.2) is 19.5 Å². The van der Waals surface area contributed by atoms with E-state index in [4.69, 9.17) is 9.47 Å². The zero-order valence-corrected chi connectivity index (χ0v) is 11.7. The van der Waals surface area contributed by atoms with Crippen LogP contribution in [0.5, 0.6) is 11.5 Å². The number of methoxy groups -OCH3 is 1. The highest BCUT2D eigenvalue weighted by Gasteiger charge is 2.12. The van der Waals surface area contributed by atoms with Gasteiger partial charge in [-0.25, -0.2) is 8.78 Å². The summed E-state index contributed by atoms with van der Waals surface area (Å²) in [6.07, 6.45) is 0. The van der Waals surface area contributed by atoms with E-state index in [0.29, 0.717) is 5.56 Å². The minimum Gasteiger partial charge on any atom is -0.494 e. The van der Waals surface area contributed by atoms with Crippen molar-refractivity contribution in [1.82, 2.24) is 0 Å². The molecular weight excluding hydrogens is 278 g/mol. The fraction of sp³-hybridized carbons (Fsp3) is 0.188. The highest BCUT2D eigenvalue weighted by Crippen LogP contribution is 2.21. The standard InChI is InChI=1S/C16H14F2O3/c1-10-4-3-5-15(16(10)18)21-9-13(19)11-6-7-14(20-2)12(17)8-11/h3-8H,9H2,1-2H3. The maximum Gasteiger partial charge on any atom is 0.200 e. The minimum absolute atomic E-state index is 0.00247. The number of benzene rings is 2. The molecular formula is C16H14F2O3. The first-order valence-corrected chi connectivity index (χ1v) is 6.27. The molecule has 0 unspecified atom stereocenters. The molecule has 2 rings (SSSR count). The van der Waals surface area contributed by atoms with Gasteiger partial charge in [-0.1, -0.05) is 12.1 Å². The third kappa shape index (κ3) is 3.37. The molecule has 0 aliphatic rings. The molecule has 2 aromatic carbocycles. The monoisotopic (exact) mass is 292 g/mol. The van der Waals surface area contributed by atoms with Crippen LogP contribution in [0, 0.1) is 18.6 Å². The lowest BCUT2D eigenvalue weighted by atomic mass is 10.1. The molecule has 5 heteroatoms. The van der Waals surface area contributed by atoms with Gasteiger partial charge >= 0.3 is 0 Å². The van der Waals surface area contributed by atoms with Gasteiger partial charge in [0, 0.05) is 5.56 Å². The van der Waals surface area contributed by atoms with Gasteiger partial charge in [0.15, 0.2) is 35.5 Å². The van der Waals surface area contributed by atoms with Crippen molar-refractivity contribution in [3.8, 4) is 11.5 Å². The number of halogens is 2. The molecule has 0 heterocycles. The Hall–Kier alpha value is -2.43. The Bertz CT molecular complexity index is 669. The van der Waals surface area contributed by atoms with E-state index >= 15 is 0 Å². The maximum absolute atomic E-state index is 13.7.